The molecule has 0 aliphatic heterocycles. The van der Waals surface area contributed by atoms with E-state index in [1.165, 1.54) is 12.1 Å². The average molecular weight is 251 g/mol. The summed E-state index contributed by atoms with van der Waals surface area (Å²) < 4.78 is 13.1. The molecule has 2 aromatic rings. The number of hydrogen-bond acceptors (Lipinski definition) is 2. The van der Waals surface area contributed by atoms with Crippen molar-refractivity contribution in [3.8, 4) is 0 Å². The SMILES string of the molecule is CC(Nc1cnccc1Cl)c1cccc(F)c1. The number of nitrogens with zero attached hydrogens (tertiary/aromatic N) is 1. The molecule has 0 spiro atoms. The van der Waals surface area contributed by atoms with E-state index in [9.17, 15) is 4.39 Å². The fraction of sp³-hybridized carbons (Fsp3) is 0.154. The maximum atomic E-state index is 13.1. The molecular weight excluding hydrogens is 239 g/mol. The van der Waals surface area contributed by atoms with Gasteiger partial charge in [-0.05, 0) is 30.7 Å². The number of nitrogens with one attached hydrogen (secondary N) is 1. The molecule has 0 saturated carbocycles. The molecular formula is C13H12ClFN2. The maximum absolute atomic E-state index is 13.1. The van der Waals surface area contributed by atoms with Crippen LogP contribution in [0.1, 0.15) is 18.5 Å². The highest BCUT2D eigenvalue weighted by Crippen LogP contribution is 2.24. The van der Waals surface area contributed by atoms with Crippen LogP contribution in [0.4, 0.5) is 10.1 Å². The minimum atomic E-state index is -0.242. The third-order valence-electron chi connectivity index (χ3n) is 2.49. The van der Waals surface area contributed by atoms with Gasteiger partial charge >= 0.3 is 0 Å². The zero-order valence-corrected chi connectivity index (χ0v) is 10.1. The van der Waals surface area contributed by atoms with Gasteiger partial charge in [-0.1, -0.05) is 23.7 Å². The fourth-order valence-electron chi connectivity index (χ4n) is 1.58. The maximum Gasteiger partial charge on any atom is 0.123 e. The Bertz CT molecular complexity index is 516. The van der Waals surface area contributed by atoms with E-state index in [1.807, 2.05) is 13.0 Å². The van der Waals surface area contributed by atoms with Gasteiger partial charge in [0, 0.05) is 12.2 Å². The van der Waals surface area contributed by atoms with Crippen molar-refractivity contribution in [2.45, 2.75) is 13.0 Å². The first-order valence-electron chi connectivity index (χ1n) is 5.28. The van der Waals surface area contributed by atoms with Crippen LogP contribution in [0.5, 0.6) is 0 Å². The molecule has 0 radical (unpaired) electrons. The number of hydrogen-bond donors (Lipinski definition) is 1. The average Bonchev–Trinajstić information content (AvgIpc) is 2.32. The van der Waals surface area contributed by atoms with Crippen LogP contribution in [0.3, 0.4) is 0 Å². The summed E-state index contributed by atoms with van der Waals surface area (Å²) in [6.07, 6.45) is 3.28. The van der Waals surface area contributed by atoms with E-state index >= 15 is 0 Å². The zero-order valence-electron chi connectivity index (χ0n) is 9.32. The lowest BCUT2D eigenvalue weighted by Gasteiger charge is -2.16. The van der Waals surface area contributed by atoms with Gasteiger partial charge in [0.1, 0.15) is 5.82 Å². The highest BCUT2D eigenvalue weighted by Gasteiger charge is 2.08. The topological polar surface area (TPSA) is 24.9 Å². The first-order valence-corrected chi connectivity index (χ1v) is 5.66. The van der Waals surface area contributed by atoms with Crippen LogP contribution in [0, 0.1) is 5.82 Å². The summed E-state index contributed by atoms with van der Waals surface area (Å²) in [5, 5.41) is 3.79. The molecule has 4 heteroatoms. The molecule has 2 rings (SSSR count). The summed E-state index contributed by atoms with van der Waals surface area (Å²) in [4.78, 5) is 3.99. The summed E-state index contributed by atoms with van der Waals surface area (Å²) in [6, 6.07) is 8.16. The van der Waals surface area contributed by atoms with Gasteiger partial charge in [-0.25, -0.2) is 4.39 Å². The van der Waals surface area contributed by atoms with E-state index in [1.54, 1.807) is 24.5 Å². The molecule has 1 unspecified atom stereocenters. The molecule has 0 aliphatic rings. The van der Waals surface area contributed by atoms with Crippen molar-refractivity contribution in [3.63, 3.8) is 0 Å². The normalized spacial score (nSPS) is 12.2. The van der Waals surface area contributed by atoms with E-state index in [-0.39, 0.29) is 11.9 Å². The number of pyridine rings is 1. The number of anilines is 1. The Morgan fingerprint density at radius 3 is 2.88 bits per heavy atom. The molecule has 2 nitrogen and oxygen atoms in total. The van der Waals surface area contributed by atoms with E-state index < -0.39 is 0 Å². The monoisotopic (exact) mass is 250 g/mol. The van der Waals surface area contributed by atoms with Crippen molar-refractivity contribution in [1.29, 1.82) is 0 Å². The lowest BCUT2D eigenvalue weighted by Crippen LogP contribution is -2.07. The van der Waals surface area contributed by atoms with Crippen LogP contribution >= 0.6 is 11.6 Å². The molecule has 1 heterocycles. The lowest BCUT2D eigenvalue weighted by atomic mass is 10.1. The van der Waals surface area contributed by atoms with Gasteiger partial charge in [0.05, 0.1) is 16.9 Å². The van der Waals surface area contributed by atoms with E-state index in [0.29, 0.717) is 5.02 Å². The standard InChI is InChI=1S/C13H12ClFN2/c1-9(10-3-2-4-11(15)7-10)17-13-8-16-6-5-12(13)14/h2-9,17H,1H3. The number of benzene rings is 1. The van der Waals surface area contributed by atoms with Gasteiger partial charge < -0.3 is 5.32 Å². The molecule has 1 aromatic heterocycles. The summed E-state index contributed by atoms with van der Waals surface area (Å²) >= 11 is 6.01. The minimum absolute atomic E-state index is 0.0348. The first kappa shape index (κ1) is 11.9. The summed E-state index contributed by atoms with van der Waals surface area (Å²) in [7, 11) is 0. The second-order valence-corrected chi connectivity index (χ2v) is 4.18. The Labute approximate surface area is 104 Å². The van der Waals surface area contributed by atoms with Crippen LogP contribution in [0.2, 0.25) is 5.02 Å². The van der Waals surface area contributed by atoms with Crippen molar-refractivity contribution in [1.82, 2.24) is 4.98 Å². The summed E-state index contributed by atoms with van der Waals surface area (Å²) in [5.41, 5.74) is 1.61. The molecule has 0 bridgehead atoms. The van der Waals surface area contributed by atoms with Gasteiger partial charge in [0.2, 0.25) is 0 Å². The number of aromatic nitrogens is 1. The first-order chi connectivity index (χ1) is 8.16. The highest BCUT2D eigenvalue weighted by atomic mass is 35.5. The highest BCUT2D eigenvalue weighted by molar-refractivity contribution is 6.33. The fourth-order valence-corrected chi connectivity index (χ4v) is 1.74. The third-order valence-corrected chi connectivity index (χ3v) is 2.82. The molecule has 1 N–H and O–H groups in total. The van der Waals surface area contributed by atoms with Crippen LogP contribution < -0.4 is 5.32 Å². The van der Waals surface area contributed by atoms with E-state index in [0.717, 1.165) is 11.3 Å². The Hall–Kier alpha value is -1.61. The molecule has 1 atom stereocenters. The van der Waals surface area contributed by atoms with Crippen molar-refractivity contribution in [2.24, 2.45) is 0 Å². The van der Waals surface area contributed by atoms with Gasteiger partial charge in [-0.15, -0.1) is 0 Å². The minimum Gasteiger partial charge on any atom is -0.376 e. The predicted molar refractivity (Wildman–Crippen MR) is 67.7 cm³/mol. The molecule has 88 valence electrons. The Morgan fingerprint density at radius 2 is 2.18 bits per heavy atom. The Balaban J connectivity index is 2.17. The van der Waals surface area contributed by atoms with Crippen molar-refractivity contribution < 1.29 is 4.39 Å². The zero-order chi connectivity index (χ0) is 12.3. The predicted octanol–water partition coefficient (Wildman–Crippen LogP) is 4.05. The summed E-state index contributed by atoms with van der Waals surface area (Å²) in [5.74, 6) is -0.242. The van der Waals surface area contributed by atoms with Crippen molar-refractivity contribution in [3.05, 3.63) is 59.1 Å². The summed E-state index contributed by atoms with van der Waals surface area (Å²) in [6.45, 7) is 1.94. The van der Waals surface area contributed by atoms with Gasteiger partial charge in [-0.3, -0.25) is 4.98 Å². The lowest BCUT2D eigenvalue weighted by molar-refractivity contribution is 0.623. The molecule has 0 fully saturated rings. The van der Waals surface area contributed by atoms with Crippen LogP contribution in [0.25, 0.3) is 0 Å². The van der Waals surface area contributed by atoms with E-state index in [2.05, 4.69) is 10.3 Å². The molecule has 0 saturated heterocycles. The molecule has 17 heavy (non-hydrogen) atoms. The van der Waals surface area contributed by atoms with Gasteiger partial charge in [0.25, 0.3) is 0 Å². The number of halogens is 2. The Kier molecular flexibility index (Phi) is 3.59. The smallest absolute Gasteiger partial charge is 0.123 e. The third kappa shape index (κ3) is 2.94. The van der Waals surface area contributed by atoms with Crippen LogP contribution in [-0.2, 0) is 0 Å². The quantitative estimate of drug-likeness (QED) is 0.889. The van der Waals surface area contributed by atoms with Crippen LogP contribution in [-0.4, -0.2) is 4.98 Å². The molecule has 0 amide bonds. The second kappa shape index (κ2) is 5.15. The van der Waals surface area contributed by atoms with Crippen LogP contribution in [0.15, 0.2) is 42.7 Å². The Morgan fingerprint density at radius 1 is 1.35 bits per heavy atom. The number of rotatable bonds is 3. The molecule has 0 aliphatic carbocycles. The molecule has 1 aromatic carbocycles. The second-order valence-electron chi connectivity index (χ2n) is 3.78. The van der Waals surface area contributed by atoms with Crippen molar-refractivity contribution >= 4 is 17.3 Å². The van der Waals surface area contributed by atoms with E-state index in [4.69, 9.17) is 11.6 Å². The largest absolute Gasteiger partial charge is 0.376 e. The van der Waals surface area contributed by atoms with Crippen molar-refractivity contribution in [2.75, 3.05) is 5.32 Å². The van der Waals surface area contributed by atoms with Gasteiger partial charge in [0.15, 0.2) is 0 Å². The van der Waals surface area contributed by atoms with Gasteiger partial charge in [-0.2, -0.15) is 0 Å².